The van der Waals surface area contributed by atoms with E-state index in [1.165, 1.54) is 0 Å². The van der Waals surface area contributed by atoms with E-state index < -0.39 is 5.60 Å². The quantitative estimate of drug-likeness (QED) is 0.871. The molecule has 0 heterocycles. The molecule has 0 aliphatic rings. The number of ether oxygens (including phenoxy) is 1. The van der Waals surface area contributed by atoms with Crippen molar-refractivity contribution >= 4 is 27.5 Å². The molecule has 106 valence electrons. The molecule has 0 saturated heterocycles. The normalized spacial score (nSPS) is 13.8. The van der Waals surface area contributed by atoms with E-state index in [1.807, 2.05) is 36.4 Å². The second-order valence-electron chi connectivity index (χ2n) is 4.89. The topological polar surface area (TPSA) is 29.5 Å². The van der Waals surface area contributed by atoms with Crippen LogP contribution in [-0.2, 0) is 12.0 Å². The van der Waals surface area contributed by atoms with Crippen molar-refractivity contribution in [2.75, 3.05) is 7.11 Å². The maximum absolute atomic E-state index is 10.8. The zero-order valence-corrected chi connectivity index (χ0v) is 13.7. The van der Waals surface area contributed by atoms with Crippen molar-refractivity contribution in [2.45, 2.75) is 18.9 Å². The summed E-state index contributed by atoms with van der Waals surface area (Å²) in [4.78, 5) is 0. The Labute approximate surface area is 132 Å². The van der Waals surface area contributed by atoms with Gasteiger partial charge in [-0.05, 0) is 42.3 Å². The van der Waals surface area contributed by atoms with Crippen LogP contribution in [0.1, 0.15) is 18.1 Å². The minimum Gasteiger partial charge on any atom is -0.496 e. The maximum Gasteiger partial charge on any atom is 0.122 e. The molecule has 1 unspecified atom stereocenters. The Morgan fingerprint density at radius 1 is 1.25 bits per heavy atom. The van der Waals surface area contributed by atoms with Gasteiger partial charge in [-0.25, -0.2) is 0 Å². The summed E-state index contributed by atoms with van der Waals surface area (Å²) in [7, 11) is 1.61. The van der Waals surface area contributed by atoms with Crippen molar-refractivity contribution < 1.29 is 9.84 Å². The predicted molar refractivity (Wildman–Crippen MR) is 85.4 cm³/mol. The van der Waals surface area contributed by atoms with Gasteiger partial charge in [-0.15, -0.1) is 0 Å². The van der Waals surface area contributed by atoms with E-state index in [1.54, 1.807) is 20.1 Å². The van der Waals surface area contributed by atoms with Crippen LogP contribution in [0.15, 0.2) is 46.9 Å². The Morgan fingerprint density at radius 3 is 2.60 bits per heavy atom. The lowest BCUT2D eigenvalue weighted by atomic mass is 9.89. The highest BCUT2D eigenvalue weighted by Crippen LogP contribution is 2.34. The summed E-state index contributed by atoms with van der Waals surface area (Å²) in [6.45, 7) is 1.79. The first-order chi connectivity index (χ1) is 9.44. The predicted octanol–water partition coefficient (Wildman–Crippen LogP) is 4.56. The molecule has 0 amide bonds. The summed E-state index contributed by atoms with van der Waals surface area (Å²) in [5, 5.41) is 11.4. The summed E-state index contributed by atoms with van der Waals surface area (Å²) in [6.07, 6.45) is 0.416. The first-order valence-electron chi connectivity index (χ1n) is 6.24. The van der Waals surface area contributed by atoms with Crippen molar-refractivity contribution in [1.82, 2.24) is 0 Å². The third-order valence-corrected chi connectivity index (χ3v) is 4.16. The van der Waals surface area contributed by atoms with Crippen molar-refractivity contribution in [3.05, 3.63) is 63.1 Å². The van der Waals surface area contributed by atoms with Gasteiger partial charge >= 0.3 is 0 Å². The lowest BCUT2D eigenvalue weighted by molar-refractivity contribution is 0.0562. The van der Waals surface area contributed by atoms with Crippen molar-refractivity contribution in [3.63, 3.8) is 0 Å². The smallest absolute Gasteiger partial charge is 0.122 e. The zero-order chi connectivity index (χ0) is 14.8. The molecule has 0 fully saturated rings. The standard InChI is InChI=1S/C16H16BrClO2/c1-16(19,13-5-3-4-6-14(13)17)10-11-9-12(18)7-8-15(11)20-2/h3-9,19H,10H2,1-2H3. The maximum atomic E-state index is 10.8. The molecule has 0 saturated carbocycles. The van der Waals surface area contributed by atoms with Gasteiger partial charge in [0.15, 0.2) is 0 Å². The third kappa shape index (κ3) is 3.35. The number of rotatable bonds is 4. The second-order valence-corrected chi connectivity index (χ2v) is 6.18. The van der Waals surface area contributed by atoms with Crippen LogP contribution in [0.3, 0.4) is 0 Å². The van der Waals surface area contributed by atoms with E-state index >= 15 is 0 Å². The van der Waals surface area contributed by atoms with Gasteiger partial charge in [-0.1, -0.05) is 45.7 Å². The van der Waals surface area contributed by atoms with Crippen LogP contribution >= 0.6 is 27.5 Å². The van der Waals surface area contributed by atoms with E-state index in [0.717, 1.165) is 21.3 Å². The number of hydrogen-bond acceptors (Lipinski definition) is 2. The summed E-state index contributed by atoms with van der Waals surface area (Å²) >= 11 is 9.51. The number of methoxy groups -OCH3 is 1. The molecule has 2 aromatic rings. The largest absolute Gasteiger partial charge is 0.496 e. The van der Waals surface area contributed by atoms with Gasteiger partial charge < -0.3 is 9.84 Å². The monoisotopic (exact) mass is 354 g/mol. The van der Waals surface area contributed by atoms with Crippen LogP contribution in [0.2, 0.25) is 5.02 Å². The first-order valence-corrected chi connectivity index (χ1v) is 7.41. The molecule has 2 nitrogen and oxygen atoms in total. The van der Waals surface area contributed by atoms with Gasteiger partial charge in [-0.2, -0.15) is 0 Å². The van der Waals surface area contributed by atoms with Crippen LogP contribution in [0, 0.1) is 0 Å². The van der Waals surface area contributed by atoms with E-state index in [9.17, 15) is 5.11 Å². The Balaban J connectivity index is 2.38. The summed E-state index contributed by atoms with van der Waals surface area (Å²) in [6, 6.07) is 13.1. The van der Waals surface area contributed by atoms with Crippen LogP contribution in [0.25, 0.3) is 0 Å². The Kier molecular flexibility index (Phi) is 4.74. The molecule has 0 aliphatic carbocycles. The van der Waals surface area contributed by atoms with Crippen LogP contribution < -0.4 is 4.74 Å². The molecule has 1 N–H and O–H groups in total. The Morgan fingerprint density at radius 2 is 1.95 bits per heavy atom. The fraction of sp³-hybridized carbons (Fsp3) is 0.250. The molecule has 0 aliphatic heterocycles. The average Bonchev–Trinajstić information content (AvgIpc) is 2.39. The highest BCUT2D eigenvalue weighted by Gasteiger charge is 2.27. The van der Waals surface area contributed by atoms with E-state index in [-0.39, 0.29) is 0 Å². The molecule has 0 bridgehead atoms. The summed E-state index contributed by atoms with van der Waals surface area (Å²) in [5.74, 6) is 0.724. The SMILES string of the molecule is COc1ccc(Cl)cc1CC(C)(O)c1ccccc1Br. The van der Waals surface area contributed by atoms with Gasteiger partial charge in [0.05, 0.1) is 12.7 Å². The summed E-state index contributed by atoms with van der Waals surface area (Å²) < 4.78 is 6.21. The van der Waals surface area contributed by atoms with Gasteiger partial charge in [0.2, 0.25) is 0 Å². The van der Waals surface area contributed by atoms with Gasteiger partial charge in [0.25, 0.3) is 0 Å². The molecule has 4 heteroatoms. The van der Waals surface area contributed by atoms with E-state index in [0.29, 0.717) is 11.4 Å². The Bertz CT molecular complexity index is 611. The van der Waals surface area contributed by atoms with Gasteiger partial charge in [0.1, 0.15) is 5.75 Å². The number of halogens is 2. The third-order valence-electron chi connectivity index (χ3n) is 3.23. The lowest BCUT2D eigenvalue weighted by Crippen LogP contribution is -2.25. The van der Waals surface area contributed by atoms with Crippen molar-refractivity contribution in [3.8, 4) is 5.75 Å². The molecule has 2 rings (SSSR count). The molecule has 1 atom stereocenters. The fourth-order valence-corrected chi connectivity index (χ4v) is 3.16. The number of aliphatic hydroxyl groups is 1. The highest BCUT2D eigenvalue weighted by atomic mass is 79.9. The van der Waals surface area contributed by atoms with E-state index in [4.69, 9.17) is 16.3 Å². The molecular formula is C16H16BrClO2. The minimum atomic E-state index is -1.02. The highest BCUT2D eigenvalue weighted by molar-refractivity contribution is 9.10. The molecular weight excluding hydrogens is 340 g/mol. The molecule has 2 aromatic carbocycles. The minimum absolute atomic E-state index is 0.416. The molecule has 0 aromatic heterocycles. The number of hydrogen-bond donors (Lipinski definition) is 1. The number of benzene rings is 2. The van der Waals surface area contributed by atoms with Crippen LogP contribution in [0.4, 0.5) is 0 Å². The fourth-order valence-electron chi connectivity index (χ4n) is 2.25. The molecule has 0 radical (unpaired) electrons. The van der Waals surface area contributed by atoms with Gasteiger partial charge in [-0.3, -0.25) is 0 Å². The zero-order valence-electron chi connectivity index (χ0n) is 11.4. The average molecular weight is 356 g/mol. The van der Waals surface area contributed by atoms with Gasteiger partial charge in [0, 0.05) is 15.9 Å². The summed E-state index contributed by atoms with van der Waals surface area (Å²) in [5.41, 5.74) is 0.695. The second kappa shape index (κ2) is 6.17. The lowest BCUT2D eigenvalue weighted by Gasteiger charge is -2.26. The van der Waals surface area contributed by atoms with Crippen LogP contribution in [-0.4, -0.2) is 12.2 Å². The Hall–Kier alpha value is -1.03. The molecule has 20 heavy (non-hydrogen) atoms. The first kappa shape index (κ1) is 15.4. The van der Waals surface area contributed by atoms with Crippen molar-refractivity contribution in [2.24, 2.45) is 0 Å². The van der Waals surface area contributed by atoms with Crippen LogP contribution in [0.5, 0.6) is 5.75 Å². The molecule has 0 spiro atoms. The van der Waals surface area contributed by atoms with Crippen molar-refractivity contribution in [1.29, 1.82) is 0 Å². The van der Waals surface area contributed by atoms with E-state index in [2.05, 4.69) is 15.9 Å².